The van der Waals surface area contributed by atoms with E-state index in [0.717, 1.165) is 57.8 Å². The molecular weight excluding hydrogens is 915 g/mol. The lowest BCUT2D eigenvalue weighted by atomic mass is 9.99. The van der Waals surface area contributed by atoms with Crippen molar-refractivity contribution >= 4 is 5.91 Å². The summed E-state index contributed by atoms with van der Waals surface area (Å²) < 4.78 is 11.2. The second-order valence-electron chi connectivity index (χ2n) is 22.4. The standard InChI is InChI=1S/C63H121NO9/c1-3-5-7-9-11-13-15-17-18-19-20-21-22-23-24-25-26-27-28-29-30-31-32-33-34-35-36-37-38-39-40-42-44-46-48-50-52-57(67)62(71)64-55(54-72-63-61(70)60(69)59(68)58(53-65)73-63)56(66)51-49-47-45-43-41-16-14-12-10-8-6-4-2/h24-25,27-28,55-61,63,65-70H,3-23,26,29-54H2,1-2H3,(H,64,71)/b25-24-,28-27-. The van der Waals surface area contributed by atoms with Crippen molar-refractivity contribution in [1.29, 1.82) is 0 Å². The quantitative estimate of drug-likeness (QED) is 0.0232. The monoisotopic (exact) mass is 1040 g/mol. The van der Waals surface area contributed by atoms with E-state index in [1.54, 1.807) is 0 Å². The van der Waals surface area contributed by atoms with Gasteiger partial charge in [0.25, 0.3) is 0 Å². The van der Waals surface area contributed by atoms with E-state index < -0.39 is 61.5 Å². The first kappa shape index (κ1) is 69.6. The van der Waals surface area contributed by atoms with Crippen LogP contribution in [-0.2, 0) is 14.3 Å². The van der Waals surface area contributed by atoms with E-state index >= 15 is 0 Å². The highest BCUT2D eigenvalue weighted by atomic mass is 16.7. The Kier molecular flexibility index (Phi) is 50.3. The lowest BCUT2D eigenvalue weighted by molar-refractivity contribution is -0.302. The molecule has 1 saturated heterocycles. The van der Waals surface area contributed by atoms with Crippen LogP contribution in [0.5, 0.6) is 0 Å². The third-order valence-electron chi connectivity index (χ3n) is 15.4. The minimum absolute atomic E-state index is 0.253. The molecule has 7 N–H and O–H groups in total. The van der Waals surface area contributed by atoms with Gasteiger partial charge in [-0.1, -0.05) is 289 Å². The Bertz CT molecular complexity index is 1220. The molecule has 1 amide bonds. The van der Waals surface area contributed by atoms with Crippen molar-refractivity contribution < 1.29 is 44.9 Å². The second-order valence-corrected chi connectivity index (χ2v) is 22.4. The van der Waals surface area contributed by atoms with Crippen molar-refractivity contribution in [2.24, 2.45) is 0 Å². The molecule has 0 aliphatic carbocycles. The number of allylic oxidation sites excluding steroid dienone is 4. The zero-order valence-electron chi connectivity index (χ0n) is 47.8. The lowest BCUT2D eigenvalue weighted by Gasteiger charge is -2.40. The third kappa shape index (κ3) is 41.4. The Morgan fingerprint density at radius 3 is 1.18 bits per heavy atom. The number of nitrogens with one attached hydrogen (secondary N) is 1. The van der Waals surface area contributed by atoms with Crippen molar-refractivity contribution in [1.82, 2.24) is 5.32 Å². The molecule has 432 valence electrons. The second kappa shape index (κ2) is 52.7. The third-order valence-corrected chi connectivity index (χ3v) is 15.4. The first-order valence-electron chi connectivity index (χ1n) is 31.6. The lowest BCUT2D eigenvalue weighted by Crippen LogP contribution is -2.60. The number of carbonyl (C=O) groups excluding carboxylic acids is 1. The van der Waals surface area contributed by atoms with Gasteiger partial charge in [-0.2, -0.15) is 0 Å². The van der Waals surface area contributed by atoms with E-state index in [-0.39, 0.29) is 6.61 Å². The largest absolute Gasteiger partial charge is 0.394 e. The normalized spacial score (nSPS) is 19.6. The number of ether oxygens (including phenoxy) is 2. The van der Waals surface area contributed by atoms with Gasteiger partial charge in [0.15, 0.2) is 6.29 Å². The van der Waals surface area contributed by atoms with Crippen LogP contribution < -0.4 is 5.32 Å². The van der Waals surface area contributed by atoms with Gasteiger partial charge in [-0.15, -0.1) is 0 Å². The van der Waals surface area contributed by atoms with Gasteiger partial charge in [-0.25, -0.2) is 0 Å². The zero-order valence-corrected chi connectivity index (χ0v) is 47.8. The van der Waals surface area contributed by atoms with E-state index in [1.807, 2.05) is 0 Å². The van der Waals surface area contributed by atoms with Crippen molar-refractivity contribution in [3.8, 4) is 0 Å². The molecule has 8 atom stereocenters. The summed E-state index contributed by atoms with van der Waals surface area (Å²) >= 11 is 0. The number of rotatable bonds is 55. The van der Waals surface area contributed by atoms with Crippen LogP contribution in [0.1, 0.15) is 309 Å². The summed E-state index contributed by atoms with van der Waals surface area (Å²) in [5, 5.41) is 65.1. The van der Waals surface area contributed by atoms with Crippen LogP contribution in [0.25, 0.3) is 0 Å². The molecule has 0 radical (unpaired) electrons. The van der Waals surface area contributed by atoms with Gasteiger partial charge >= 0.3 is 0 Å². The average Bonchev–Trinajstić information content (AvgIpc) is 3.39. The fourth-order valence-electron chi connectivity index (χ4n) is 10.3. The van der Waals surface area contributed by atoms with Gasteiger partial charge in [0.05, 0.1) is 25.4 Å². The maximum atomic E-state index is 13.1. The predicted molar refractivity (Wildman–Crippen MR) is 306 cm³/mol. The molecule has 0 spiro atoms. The fourth-order valence-corrected chi connectivity index (χ4v) is 10.3. The average molecular weight is 1040 g/mol. The molecule has 0 bridgehead atoms. The minimum Gasteiger partial charge on any atom is -0.394 e. The topological polar surface area (TPSA) is 169 Å². The van der Waals surface area contributed by atoms with Gasteiger partial charge in [0.1, 0.15) is 30.5 Å². The van der Waals surface area contributed by atoms with Crippen LogP contribution in [-0.4, -0.2) is 98.7 Å². The molecule has 10 nitrogen and oxygen atoms in total. The number of aliphatic hydroxyl groups is 6. The number of amides is 1. The Morgan fingerprint density at radius 1 is 0.466 bits per heavy atom. The van der Waals surface area contributed by atoms with Gasteiger partial charge in [-0.05, 0) is 44.9 Å². The molecule has 1 aliphatic rings. The van der Waals surface area contributed by atoms with Crippen LogP contribution in [0.3, 0.4) is 0 Å². The number of hydrogen-bond donors (Lipinski definition) is 7. The molecule has 0 saturated carbocycles. The van der Waals surface area contributed by atoms with Crippen LogP contribution in [0.2, 0.25) is 0 Å². The molecule has 8 unspecified atom stereocenters. The summed E-state index contributed by atoms with van der Waals surface area (Å²) in [4.78, 5) is 13.1. The summed E-state index contributed by atoms with van der Waals surface area (Å²) in [6, 6.07) is -0.892. The van der Waals surface area contributed by atoms with Crippen molar-refractivity contribution in [2.45, 2.75) is 358 Å². The first-order valence-corrected chi connectivity index (χ1v) is 31.6. The molecule has 1 rings (SSSR count). The van der Waals surface area contributed by atoms with Crippen LogP contribution in [0, 0.1) is 0 Å². The highest BCUT2D eigenvalue weighted by molar-refractivity contribution is 5.80. The highest BCUT2D eigenvalue weighted by Gasteiger charge is 2.44. The molecule has 0 aromatic carbocycles. The molecular formula is C63H121NO9. The Hall–Kier alpha value is -1.37. The highest BCUT2D eigenvalue weighted by Crippen LogP contribution is 2.23. The van der Waals surface area contributed by atoms with E-state index in [0.29, 0.717) is 12.8 Å². The maximum Gasteiger partial charge on any atom is 0.249 e. The Balaban J connectivity index is 2.08. The molecule has 1 heterocycles. The van der Waals surface area contributed by atoms with E-state index in [4.69, 9.17) is 9.47 Å². The van der Waals surface area contributed by atoms with Gasteiger partial charge in [0, 0.05) is 0 Å². The molecule has 10 heteroatoms. The van der Waals surface area contributed by atoms with E-state index in [1.165, 1.54) is 225 Å². The summed E-state index contributed by atoms with van der Waals surface area (Å²) in [5.41, 5.74) is 0. The summed E-state index contributed by atoms with van der Waals surface area (Å²) in [5.74, 6) is -0.580. The van der Waals surface area contributed by atoms with E-state index in [2.05, 4.69) is 43.5 Å². The maximum absolute atomic E-state index is 13.1. The van der Waals surface area contributed by atoms with Crippen LogP contribution in [0.15, 0.2) is 24.3 Å². The first-order chi connectivity index (χ1) is 35.8. The zero-order chi connectivity index (χ0) is 53.1. The van der Waals surface area contributed by atoms with Crippen LogP contribution in [0.4, 0.5) is 0 Å². The van der Waals surface area contributed by atoms with Gasteiger partial charge in [-0.3, -0.25) is 4.79 Å². The smallest absolute Gasteiger partial charge is 0.249 e. The number of unbranched alkanes of at least 4 members (excludes halogenated alkanes) is 40. The molecule has 73 heavy (non-hydrogen) atoms. The number of aliphatic hydroxyl groups excluding tert-OH is 6. The molecule has 1 fully saturated rings. The Morgan fingerprint density at radius 2 is 0.808 bits per heavy atom. The molecule has 1 aliphatic heterocycles. The van der Waals surface area contributed by atoms with E-state index in [9.17, 15) is 35.4 Å². The predicted octanol–water partition coefficient (Wildman–Crippen LogP) is 15.1. The van der Waals surface area contributed by atoms with Crippen LogP contribution >= 0.6 is 0 Å². The molecule has 0 aromatic rings. The number of carbonyl (C=O) groups is 1. The minimum atomic E-state index is -1.60. The van der Waals surface area contributed by atoms with Gasteiger partial charge < -0.3 is 45.4 Å². The fraction of sp³-hybridized carbons (Fsp3) is 0.921. The van der Waals surface area contributed by atoms with Crippen molar-refractivity contribution in [2.75, 3.05) is 13.2 Å². The number of hydrogen-bond acceptors (Lipinski definition) is 9. The van der Waals surface area contributed by atoms with Crippen molar-refractivity contribution in [3.63, 3.8) is 0 Å². The van der Waals surface area contributed by atoms with Crippen molar-refractivity contribution in [3.05, 3.63) is 24.3 Å². The molecule has 0 aromatic heterocycles. The summed E-state index contributed by atoms with van der Waals surface area (Å²) in [6.45, 7) is 3.69. The summed E-state index contributed by atoms with van der Waals surface area (Å²) in [6.07, 6.45) is 57.1. The van der Waals surface area contributed by atoms with Gasteiger partial charge in [0.2, 0.25) is 5.91 Å². The summed E-state index contributed by atoms with van der Waals surface area (Å²) in [7, 11) is 0. The Labute approximate surface area is 450 Å². The SMILES string of the molecule is CCCCCCCCCCCCCCC/C=C\C/C=C\CCCCCCCCCCCCCCCCCCC(O)C(=O)NC(COC1OC(CO)C(O)C(O)C1O)C(O)CCCCCCCCCCCCCC.